The summed E-state index contributed by atoms with van der Waals surface area (Å²) in [5.41, 5.74) is 1.88. The van der Waals surface area contributed by atoms with Crippen LogP contribution < -0.4 is 5.32 Å². The van der Waals surface area contributed by atoms with E-state index in [1.54, 1.807) is 6.26 Å². The highest BCUT2D eigenvalue weighted by Crippen LogP contribution is 2.22. The summed E-state index contributed by atoms with van der Waals surface area (Å²) in [5.74, 6) is 0. The summed E-state index contributed by atoms with van der Waals surface area (Å²) in [7, 11) is 0. The second kappa shape index (κ2) is 5.55. The fourth-order valence-electron chi connectivity index (χ4n) is 2.23. The Kier molecular flexibility index (Phi) is 4.04. The van der Waals surface area contributed by atoms with E-state index in [-0.39, 0.29) is 12.1 Å². The summed E-state index contributed by atoms with van der Waals surface area (Å²) in [6, 6.07) is 8.02. The van der Waals surface area contributed by atoms with Crippen molar-refractivity contribution in [3.05, 3.63) is 36.1 Å². The van der Waals surface area contributed by atoms with Crippen LogP contribution in [0.5, 0.6) is 0 Å². The van der Waals surface area contributed by atoms with Crippen LogP contribution in [0.15, 0.2) is 34.9 Å². The topological polar surface area (TPSA) is 45.4 Å². The molecule has 0 atom stereocenters. The number of aliphatic hydroxyl groups is 1. The maximum Gasteiger partial charge on any atom is 0.134 e. The minimum Gasteiger partial charge on any atom is -0.464 e. The van der Waals surface area contributed by atoms with Crippen LogP contribution in [-0.2, 0) is 6.54 Å². The number of nitrogens with one attached hydrogen (secondary N) is 1. The smallest absolute Gasteiger partial charge is 0.134 e. The van der Waals surface area contributed by atoms with Crippen molar-refractivity contribution in [2.75, 3.05) is 6.61 Å². The van der Waals surface area contributed by atoms with Gasteiger partial charge in [0.2, 0.25) is 0 Å². The van der Waals surface area contributed by atoms with E-state index in [0.29, 0.717) is 0 Å². The molecule has 0 amide bonds. The van der Waals surface area contributed by atoms with Crippen molar-refractivity contribution in [1.29, 1.82) is 0 Å². The highest BCUT2D eigenvalue weighted by atomic mass is 16.3. The van der Waals surface area contributed by atoms with E-state index >= 15 is 0 Å². The summed E-state index contributed by atoms with van der Waals surface area (Å²) < 4.78 is 5.51. The minimum absolute atomic E-state index is 0.162. The lowest BCUT2D eigenvalue weighted by atomic mass is 9.93. The molecule has 1 aromatic heterocycles. The van der Waals surface area contributed by atoms with Crippen molar-refractivity contribution >= 4 is 11.0 Å². The molecule has 2 aromatic rings. The first-order valence-electron chi connectivity index (χ1n) is 6.55. The van der Waals surface area contributed by atoms with Crippen LogP contribution >= 0.6 is 0 Å². The van der Waals surface area contributed by atoms with E-state index in [1.807, 2.05) is 18.2 Å². The number of para-hydroxylation sites is 1. The van der Waals surface area contributed by atoms with E-state index in [9.17, 15) is 5.11 Å². The molecule has 0 aliphatic heterocycles. The molecular weight excluding hydrogens is 226 g/mol. The van der Waals surface area contributed by atoms with Crippen molar-refractivity contribution in [2.24, 2.45) is 0 Å². The highest BCUT2D eigenvalue weighted by Gasteiger charge is 2.24. The van der Waals surface area contributed by atoms with Crippen LogP contribution in [0.4, 0.5) is 0 Å². The summed E-state index contributed by atoms with van der Waals surface area (Å²) in [4.78, 5) is 0. The van der Waals surface area contributed by atoms with Gasteiger partial charge in [0.1, 0.15) is 5.58 Å². The molecule has 0 fully saturated rings. The van der Waals surface area contributed by atoms with E-state index in [1.165, 1.54) is 0 Å². The Hall–Kier alpha value is -1.32. The second-order valence-electron chi connectivity index (χ2n) is 4.76. The average Bonchev–Trinajstić information content (AvgIpc) is 2.85. The van der Waals surface area contributed by atoms with Gasteiger partial charge >= 0.3 is 0 Å². The van der Waals surface area contributed by atoms with Gasteiger partial charge in [-0.3, -0.25) is 0 Å². The van der Waals surface area contributed by atoms with Gasteiger partial charge in [0.05, 0.1) is 12.9 Å². The molecule has 18 heavy (non-hydrogen) atoms. The monoisotopic (exact) mass is 247 g/mol. The first-order valence-corrected chi connectivity index (χ1v) is 6.55. The largest absolute Gasteiger partial charge is 0.464 e. The molecule has 0 aliphatic rings. The molecule has 0 aliphatic carbocycles. The molecule has 2 N–H and O–H groups in total. The molecule has 98 valence electrons. The number of hydrogen-bond donors (Lipinski definition) is 2. The third-order valence-corrected chi connectivity index (χ3v) is 3.87. The zero-order valence-electron chi connectivity index (χ0n) is 11.1. The summed E-state index contributed by atoms with van der Waals surface area (Å²) in [5, 5.41) is 14.1. The molecule has 0 radical (unpaired) electrons. The van der Waals surface area contributed by atoms with Gasteiger partial charge in [-0.1, -0.05) is 32.0 Å². The summed E-state index contributed by atoms with van der Waals surface area (Å²) in [6.07, 6.45) is 3.62. The predicted octanol–water partition coefficient (Wildman–Crippen LogP) is 3.07. The number of fused-ring (bicyclic) bond motifs is 1. The van der Waals surface area contributed by atoms with Gasteiger partial charge in [0, 0.05) is 23.0 Å². The Labute approximate surface area is 108 Å². The van der Waals surface area contributed by atoms with Gasteiger partial charge < -0.3 is 14.8 Å². The van der Waals surface area contributed by atoms with Crippen molar-refractivity contribution < 1.29 is 9.52 Å². The third kappa shape index (κ3) is 2.42. The molecule has 3 nitrogen and oxygen atoms in total. The Morgan fingerprint density at radius 3 is 2.61 bits per heavy atom. The Bertz CT molecular complexity index is 492. The maximum absolute atomic E-state index is 9.53. The van der Waals surface area contributed by atoms with Gasteiger partial charge in [0.25, 0.3) is 0 Å². The van der Waals surface area contributed by atoms with Crippen molar-refractivity contribution in [1.82, 2.24) is 5.32 Å². The number of benzene rings is 1. The highest BCUT2D eigenvalue weighted by molar-refractivity contribution is 5.80. The number of aliphatic hydroxyl groups excluding tert-OH is 1. The lowest BCUT2D eigenvalue weighted by molar-refractivity contribution is 0.149. The first-order chi connectivity index (χ1) is 8.74. The van der Waals surface area contributed by atoms with E-state index in [0.717, 1.165) is 35.9 Å². The normalized spacial score (nSPS) is 12.2. The molecule has 1 heterocycles. The molecular formula is C15H21NO2. The van der Waals surface area contributed by atoms with Crippen LogP contribution in [0.25, 0.3) is 11.0 Å². The van der Waals surface area contributed by atoms with Gasteiger partial charge in [-0.15, -0.1) is 0 Å². The molecule has 0 unspecified atom stereocenters. The molecule has 2 rings (SSSR count). The zero-order chi connectivity index (χ0) is 13.0. The van der Waals surface area contributed by atoms with Crippen LogP contribution in [0.2, 0.25) is 0 Å². The number of rotatable bonds is 6. The van der Waals surface area contributed by atoms with Gasteiger partial charge in [-0.2, -0.15) is 0 Å². The molecule has 1 aromatic carbocycles. The Morgan fingerprint density at radius 1 is 1.22 bits per heavy atom. The third-order valence-electron chi connectivity index (χ3n) is 3.87. The fourth-order valence-corrected chi connectivity index (χ4v) is 2.23. The summed E-state index contributed by atoms with van der Waals surface area (Å²) >= 11 is 0. The standard InChI is InChI=1S/C15H21NO2/c1-3-15(4-2,11-17)16-9-12-10-18-14-8-6-5-7-13(12)14/h5-8,10,16-17H,3-4,9,11H2,1-2H3. The Balaban J connectivity index is 2.14. The van der Waals surface area contributed by atoms with E-state index in [4.69, 9.17) is 4.42 Å². The molecule has 0 spiro atoms. The van der Waals surface area contributed by atoms with Gasteiger partial charge in [-0.25, -0.2) is 0 Å². The fraction of sp³-hybridized carbons (Fsp3) is 0.467. The van der Waals surface area contributed by atoms with Crippen molar-refractivity contribution in [3.63, 3.8) is 0 Å². The zero-order valence-corrected chi connectivity index (χ0v) is 11.1. The summed E-state index contributed by atoms with van der Waals surface area (Å²) in [6.45, 7) is 5.08. The van der Waals surface area contributed by atoms with Crippen LogP contribution in [0.1, 0.15) is 32.3 Å². The van der Waals surface area contributed by atoms with Gasteiger partial charge in [-0.05, 0) is 18.9 Å². The average molecular weight is 247 g/mol. The predicted molar refractivity (Wildman–Crippen MR) is 73.5 cm³/mol. The quantitative estimate of drug-likeness (QED) is 0.824. The second-order valence-corrected chi connectivity index (χ2v) is 4.76. The maximum atomic E-state index is 9.53. The van der Waals surface area contributed by atoms with Crippen LogP contribution in [0.3, 0.4) is 0 Å². The van der Waals surface area contributed by atoms with E-state index in [2.05, 4.69) is 25.2 Å². The molecule has 0 saturated carbocycles. The lowest BCUT2D eigenvalue weighted by Gasteiger charge is -2.30. The Morgan fingerprint density at radius 2 is 1.94 bits per heavy atom. The van der Waals surface area contributed by atoms with Crippen LogP contribution in [0, 0.1) is 0 Å². The lowest BCUT2D eigenvalue weighted by Crippen LogP contribution is -2.46. The number of hydrogen-bond acceptors (Lipinski definition) is 3. The van der Waals surface area contributed by atoms with Crippen molar-refractivity contribution in [2.45, 2.75) is 38.8 Å². The molecule has 3 heteroatoms. The first kappa shape index (κ1) is 13.1. The number of furan rings is 1. The SMILES string of the molecule is CCC(CC)(CO)NCc1coc2ccccc12. The van der Waals surface area contributed by atoms with Gasteiger partial charge in [0.15, 0.2) is 0 Å². The van der Waals surface area contributed by atoms with Crippen molar-refractivity contribution in [3.8, 4) is 0 Å². The molecule has 0 bridgehead atoms. The minimum atomic E-state index is -0.182. The van der Waals surface area contributed by atoms with Crippen LogP contribution in [-0.4, -0.2) is 17.3 Å². The molecule has 0 saturated heterocycles. The van der Waals surface area contributed by atoms with E-state index < -0.39 is 0 Å².